The Balaban J connectivity index is 2.20. The van der Waals surface area contributed by atoms with Crippen molar-refractivity contribution in [3.63, 3.8) is 0 Å². The van der Waals surface area contributed by atoms with Crippen LogP contribution in [0.4, 0.5) is 0 Å². The second kappa shape index (κ2) is 4.70. The number of sulfonamides is 1. The molecule has 1 amide bonds. The average molecular weight is 268 g/mol. The molecule has 1 saturated heterocycles. The molecule has 0 bridgehead atoms. The second-order valence-electron chi connectivity index (χ2n) is 4.57. The smallest absolute Gasteiger partial charge is 0.240 e. The van der Waals surface area contributed by atoms with Crippen molar-refractivity contribution >= 4 is 15.9 Å². The predicted octanol–water partition coefficient (Wildman–Crippen LogP) is 0.470. The highest BCUT2D eigenvalue weighted by molar-refractivity contribution is 7.89. The van der Waals surface area contributed by atoms with E-state index in [9.17, 15) is 13.2 Å². The number of carbonyl (C=O) groups is 1. The van der Waals surface area contributed by atoms with Gasteiger partial charge in [-0.2, -0.15) is 0 Å². The average Bonchev–Trinajstić information content (AvgIpc) is 2.67. The quantitative estimate of drug-likeness (QED) is 0.836. The van der Waals surface area contributed by atoms with E-state index in [0.29, 0.717) is 6.54 Å². The van der Waals surface area contributed by atoms with Gasteiger partial charge in [-0.15, -0.1) is 0 Å². The highest BCUT2D eigenvalue weighted by Gasteiger charge is 2.26. The van der Waals surface area contributed by atoms with Crippen molar-refractivity contribution < 1.29 is 13.2 Å². The van der Waals surface area contributed by atoms with Crippen molar-refractivity contribution in [2.75, 3.05) is 6.54 Å². The molecule has 1 aromatic carbocycles. The number of nitrogens with one attached hydrogen (secondary N) is 2. The SMILES string of the molecule is Cc1ccc(S(=O)(=O)N[C@H]2CNC(=O)C2)cc1C. The van der Waals surface area contributed by atoms with Crippen LogP contribution in [-0.4, -0.2) is 26.9 Å². The van der Waals surface area contributed by atoms with Gasteiger partial charge in [0.15, 0.2) is 0 Å². The molecule has 1 aromatic rings. The zero-order valence-corrected chi connectivity index (χ0v) is 11.2. The highest BCUT2D eigenvalue weighted by Crippen LogP contribution is 2.15. The van der Waals surface area contributed by atoms with Crippen molar-refractivity contribution in [2.45, 2.75) is 31.2 Å². The molecule has 98 valence electrons. The lowest BCUT2D eigenvalue weighted by molar-refractivity contribution is -0.119. The molecule has 0 aromatic heterocycles. The van der Waals surface area contributed by atoms with E-state index in [0.717, 1.165) is 11.1 Å². The maximum absolute atomic E-state index is 12.1. The molecule has 1 heterocycles. The zero-order valence-electron chi connectivity index (χ0n) is 10.4. The molecule has 0 aliphatic carbocycles. The number of carbonyl (C=O) groups excluding carboxylic acids is 1. The Morgan fingerprint density at radius 3 is 2.56 bits per heavy atom. The van der Waals surface area contributed by atoms with Gasteiger partial charge in [0.05, 0.1) is 4.90 Å². The summed E-state index contributed by atoms with van der Waals surface area (Å²) in [6.45, 7) is 4.15. The molecule has 6 heteroatoms. The minimum atomic E-state index is -3.55. The third kappa shape index (κ3) is 2.70. The number of aryl methyl sites for hydroxylation is 2. The fourth-order valence-corrected chi connectivity index (χ4v) is 3.18. The van der Waals surface area contributed by atoms with Crippen molar-refractivity contribution in [1.82, 2.24) is 10.0 Å². The van der Waals surface area contributed by atoms with E-state index >= 15 is 0 Å². The van der Waals surface area contributed by atoms with Crippen LogP contribution in [0.25, 0.3) is 0 Å². The van der Waals surface area contributed by atoms with E-state index in [-0.39, 0.29) is 23.3 Å². The first-order chi connectivity index (χ1) is 8.38. The minimum absolute atomic E-state index is 0.122. The molecule has 2 N–H and O–H groups in total. The molecule has 1 fully saturated rings. The summed E-state index contributed by atoms with van der Waals surface area (Å²) in [6.07, 6.45) is 0.198. The van der Waals surface area contributed by atoms with Crippen LogP contribution < -0.4 is 10.0 Å². The summed E-state index contributed by atoms with van der Waals surface area (Å²) in [4.78, 5) is 11.3. The van der Waals surface area contributed by atoms with Crippen molar-refractivity contribution in [1.29, 1.82) is 0 Å². The van der Waals surface area contributed by atoms with Gasteiger partial charge in [-0.1, -0.05) is 6.07 Å². The second-order valence-corrected chi connectivity index (χ2v) is 6.29. The fourth-order valence-electron chi connectivity index (χ4n) is 1.86. The number of amides is 1. The molecule has 5 nitrogen and oxygen atoms in total. The van der Waals surface area contributed by atoms with Crippen LogP contribution in [0.2, 0.25) is 0 Å². The van der Waals surface area contributed by atoms with Gasteiger partial charge >= 0.3 is 0 Å². The lowest BCUT2D eigenvalue weighted by Crippen LogP contribution is -2.36. The van der Waals surface area contributed by atoms with Gasteiger partial charge in [-0.25, -0.2) is 13.1 Å². The summed E-state index contributed by atoms with van der Waals surface area (Å²) in [7, 11) is -3.55. The lowest BCUT2D eigenvalue weighted by Gasteiger charge is -2.12. The van der Waals surface area contributed by atoms with Crippen LogP contribution in [0.3, 0.4) is 0 Å². The molecule has 1 aliphatic rings. The van der Waals surface area contributed by atoms with Crippen LogP contribution in [0.5, 0.6) is 0 Å². The standard InChI is InChI=1S/C12H16N2O3S/c1-8-3-4-11(5-9(8)2)18(16,17)14-10-6-12(15)13-7-10/h3-5,10,14H,6-7H2,1-2H3,(H,13,15)/t10-/m1/s1. The van der Waals surface area contributed by atoms with E-state index < -0.39 is 10.0 Å². The van der Waals surface area contributed by atoms with Crippen molar-refractivity contribution in [3.05, 3.63) is 29.3 Å². The monoisotopic (exact) mass is 268 g/mol. The summed E-state index contributed by atoms with van der Waals surface area (Å²) in [5, 5.41) is 2.60. The zero-order chi connectivity index (χ0) is 13.3. The van der Waals surface area contributed by atoms with Gasteiger partial charge in [0.1, 0.15) is 0 Å². The Kier molecular flexibility index (Phi) is 3.41. The summed E-state index contributed by atoms with van der Waals surface area (Å²) in [6, 6.07) is 4.64. The highest BCUT2D eigenvalue weighted by atomic mass is 32.2. The summed E-state index contributed by atoms with van der Waals surface area (Å²) < 4.78 is 26.8. The lowest BCUT2D eigenvalue weighted by atomic mass is 10.1. The van der Waals surface area contributed by atoms with Gasteiger partial charge in [0, 0.05) is 19.0 Å². The largest absolute Gasteiger partial charge is 0.354 e. The van der Waals surface area contributed by atoms with E-state index in [4.69, 9.17) is 0 Å². The number of hydrogen-bond donors (Lipinski definition) is 2. The Morgan fingerprint density at radius 1 is 1.28 bits per heavy atom. The number of hydrogen-bond acceptors (Lipinski definition) is 3. The number of benzene rings is 1. The third-order valence-corrected chi connectivity index (χ3v) is 4.61. The summed E-state index contributed by atoms with van der Waals surface area (Å²) >= 11 is 0. The van der Waals surface area contributed by atoms with Gasteiger partial charge < -0.3 is 5.32 Å². The maximum atomic E-state index is 12.1. The molecule has 0 radical (unpaired) electrons. The van der Waals surface area contributed by atoms with Gasteiger partial charge in [-0.3, -0.25) is 4.79 Å². The van der Waals surface area contributed by atoms with Crippen LogP contribution in [-0.2, 0) is 14.8 Å². The first-order valence-electron chi connectivity index (χ1n) is 5.75. The van der Waals surface area contributed by atoms with E-state index in [2.05, 4.69) is 10.0 Å². The predicted molar refractivity (Wildman–Crippen MR) is 67.7 cm³/mol. The van der Waals surface area contributed by atoms with Crippen molar-refractivity contribution in [3.8, 4) is 0 Å². The molecule has 2 rings (SSSR count). The molecule has 0 saturated carbocycles. The van der Waals surface area contributed by atoms with E-state index in [1.807, 2.05) is 13.8 Å². The van der Waals surface area contributed by atoms with Crippen LogP contribution in [0.15, 0.2) is 23.1 Å². The topological polar surface area (TPSA) is 75.3 Å². The Hall–Kier alpha value is -1.40. The summed E-state index contributed by atoms with van der Waals surface area (Å²) in [5.41, 5.74) is 1.98. The fraction of sp³-hybridized carbons (Fsp3) is 0.417. The third-order valence-electron chi connectivity index (χ3n) is 3.09. The van der Waals surface area contributed by atoms with Gasteiger partial charge in [0.2, 0.25) is 15.9 Å². The molecule has 1 aliphatic heterocycles. The van der Waals surface area contributed by atoms with E-state index in [1.165, 1.54) is 0 Å². The Morgan fingerprint density at radius 2 is 2.00 bits per heavy atom. The maximum Gasteiger partial charge on any atom is 0.240 e. The summed E-state index contributed by atoms with van der Waals surface area (Å²) in [5.74, 6) is -0.122. The molecular formula is C12H16N2O3S. The molecule has 0 spiro atoms. The molecule has 0 unspecified atom stereocenters. The van der Waals surface area contributed by atoms with Gasteiger partial charge in [-0.05, 0) is 37.1 Å². The Bertz CT molecular complexity index is 581. The van der Waals surface area contributed by atoms with Gasteiger partial charge in [0.25, 0.3) is 0 Å². The van der Waals surface area contributed by atoms with Crippen LogP contribution >= 0.6 is 0 Å². The molecule has 18 heavy (non-hydrogen) atoms. The molecular weight excluding hydrogens is 252 g/mol. The van der Waals surface area contributed by atoms with Crippen LogP contribution in [0, 0.1) is 13.8 Å². The van der Waals surface area contributed by atoms with Crippen LogP contribution in [0.1, 0.15) is 17.5 Å². The first kappa shape index (κ1) is 13.0. The number of rotatable bonds is 3. The van der Waals surface area contributed by atoms with E-state index in [1.54, 1.807) is 18.2 Å². The Labute approximate surface area is 107 Å². The van der Waals surface area contributed by atoms with Crippen molar-refractivity contribution in [2.24, 2.45) is 0 Å². The molecule has 1 atom stereocenters. The normalized spacial score (nSPS) is 19.9. The first-order valence-corrected chi connectivity index (χ1v) is 7.23. The minimum Gasteiger partial charge on any atom is -0.354 e.